The Hall–Kier alpha value is -1.22. The third-order valence-corrected chi connectivity index (χ3v) is 2.44. The molecule has 0 spiro atoms. The van der Waals surface area contributed by atoms with E-state index in [1.807, 2.05) is 18.2 Å². The van der Waals surface area contributed by atoms with Gasteiger partial charge in [-0.1, -0.05) is 19.4 Å². The van der Waals surface area contributed by atoms with E-state index >= 15 is 0 Å². The van der Waals surface area contributed by atoms with Crippen LogP contribution in [0.1, 0.15) is 31.4 Å². The average Bonchev–Trinajstić information content (AvgIpc) is 2.28. The number of hydrogen-bond acceptors (Lipinski definition) is 3. The largest absolute Gasteiger partial charge is 0.493 e. The lowest BCUT2D eigenvalue weighted by molar-refractivity contribution is 0.354. The molecule has 0 aliphatic carbocycles. The maximum atomic E-state index is 6.02. The SMILES string of the molecule is CCC[C@H](N)c1ccc(OC)c(OC)c1. The van der Waals surface area contributed by atoms with E-state index in [0.717, 1.165) is 29.9 Å². The van der Waals surface area contributed by atoms with Crippen LogP contribution >= 0.6 is 0 Å². The van der Waals surface area contributed by atoms with Crippen molar-refractivity contribution in [3.8, 4) is 11.5 Å². The van der Waals surface area contributed by atoms with E-state index in [4.69, 9.17) is 15.2 Å². The van der Waals surface area contributed by atoms with E-state index in [-0.39, 0.29) is 6.04 Å². The van der Waals surface area contributed by atoms with Crippen LogP contribution in [0.4, 0.5) is 0 Å². The van der Waals surface area contributed by atoms with Crippen molar-refractivity contribution in [1.82, 2.24) is 0 Å². The summed E-state index contributed by atoms with van der Waals surface area (Å²) in [5, 5.41) is 0. The molecular weight excluding hydrogens is 190 g/mol. The molecule has 1 rings (SSSR count). The summed E-state index contributed by atoms with van der Waals surface area (Å²) in [4.78, 5) is 0. The molecule has 0 bridgehead atoms. The molecule has 1 aromatic carbocycles. The first-order valence-corrected chi connectivity index (χ1v) is 5.20. The zero-order valence-electron chi connectivity index (χ0n) is 9.62. The van der Waals surface area contributed by atoms with Crippen molar-refractivity contribution >= 4 is 0 Å². The molecule has 0 aromatic heterocycles. The molecule has 0 unspecified atom stereocenters. The minimum absolute atomic E-state index is 0.0785. The van der Waals surface area contributed by atoms with Crippen LogP contribution in [0.3, 0.4) is 0 Å². The summed E-state index contributed by atoms with van der Waals surface area (Å²) in [6, 6.07) is 5.90. The van der Waals surface area contributed by atoms with Gasteiger partial charge in [-0.25, -0.2) is 0 Å². The van der Waals surface area contributed by atoms with Gasteiger partial charge in [0, 0.05) is 6.04 Å². The van der Waals surface area contributed by atoms with Crippen LogP contribution in [0.5, 0.6) is 11.5 Å². The molecule has 2 N–H and O–H groups in total. The third-order valence-electron chi connectivity index (χ3n) is 2.44. The van der Waals surface area contributed by atoms with Gasteiger partial charge >= 0.3 is 0 Å². The van der Waals surface area contributed by atoms with Crippen LogP contribution in [0.15, 0.2) is 18.2 Å². The van der Waals surface area contributed by atoms with Gasteiger partial charge in [-0.05, 0) is 24.1 Å². The maximum Gasteiger partial charge on any atom is 0.161 e. The van der Waals surface area contributed by atoms with Crippen molar-refractivity contribution in [2.75, 3.05) is 14.2 Å². The van der Waals surface area contributed by atoms with Crippen molar-refractivity contribution in [3.05, 3.63) is 23.8 Å². The summed E-state index contributed by atoms with van der Waals surface area (Å²) in [6.07, 6.45) is 2.06. The number of benzene rings is 1. The smallest absolute Gasteiger partial charge is 0.161 e. The number of hydrogen-bond donors (Lipinski definition) is 1. The molecule has 0 fully saturated rings. The minimum atomic E-state index is 0.0785. The Morgan fingerprint density at radius 1 is 1.20 bits per heavy atom. The third kappa shape index (κ3) is 2.86. The standard InChI is InChI=1S/C12H19NO2/c1-4-5-10(13)9-6-7-11(14-2)12(8-9)15-3/h6-8,10H,4-5,13H2,1-3H3/t10-/m0/s1. The summed E-state index contributed by atoms with van der Waals surface area (Å²) >= 11 is 0. The first-order valence-electron chi connectivity index (χ1n) is 5.20. The summed E-state index contributed by atoms with van der Waals surface area (Å²) in [6.45, 7) is 2.13. The topological polar surface area (TPSA) is 44.5 Å². The highest BCUT2D eigenvalue weighted by molar-refractivity contribution is 5.43. The number of rotatable bonds is 5. The summed E-state index contributed by atoms with van der Waals surface area (Å²) in [5.74, 6) is 1.48. The Morgan fingerprint density at radius 3 is 2.40 bits per heavy atom. The van der Waals surface area contributed by atoms with E-state index in [9.17, 15) is 0 Å². The molecule has 0 amide bonds. The lowest BCUT2D eigenvalue weighted by Gasteiger charge is -2.14. The van der Waals surface area contributed by atoms with Gasteiger partial charge in [-0.15, -0.1) is 0 Å². The van der Waals surface area contributed by atoms with Crippen molar-refractivity contribution in [2.24, 2.45) is 5.73 Å². The lowest BCUT2D eigenvalue weighted by Crippen LogP contribution is -2.09. The van der Waals surface area contributed by atoms with E-state index in [1.54, 1.807) is 14.2 Å². The van der Waals surface area contributed by atoms with E-state index in [2.05, 4.69) is 6.92 Å². The van der Waals surface area contributed by atoms with Crippen molar-refractivity contribution in [2.45, 2.75) is 25.8 Å². The highest BCUT2D eigenvalue weighted by atomic mass is 16.5. The average molecular weight is 209 g/mol. The van der Waals surface area contributed by atoms with Crippen LogP contribution in [-0.2, 0) is 0 Å². The van der Waals surface area contributed by atoms with Crippen molar-refractivity contribution in [1.29, 1.82) is 0 Å². The summed E-state index contributed by atoms with van der Waals surface area (Å²) in [5.41, 5.74) is 7.12. The molecule has 0 heterocycles. The first-order chi connectivity index (χ1) is 7.22. The predicted molar refractivity (Wildman–Crippen MR) is 61.4 cm³/mol. The van der Waals surface area contributed by atoms with Gasteiger partial charge in [0.15, 0.2) is 11.5 Å². The zero-order valence-corrected chi connectivity index (χ0v) is 9.62. The van der Waals surface area contributed by atoms with Crippen LogP contribution in [-0.4, -0.2) is 14.2 Å². The molecule has 15 heavy (non-hydrogen) atoms. The molecular formula is C12H19NO2. The van der Waals surface area contributed by atoms with Gasteiger partial charge in [-0.2, -0.15) is 0 Å². The first kappa shape index (κ1) is 11.9. The number of ether oxygens (including phenoxy) is 2. The second-order valence-electron chi connectivity index (χ2n) is 3.51. The Kier molecular flexibility index (Phi) is 4.43. The molecule has 0 radical (unpaired) electrons. The Labute approximate surface area is 91.2 Å². The molecule has 84 valence electrons. The molecule has 0 aliphatic heterocycles. The van der Waals surface area contributed by atoms with E-state index in [0.29, 0.717) is 0 Å². The molecule has 3 heteroatoms. The van der Waals surface area contributed by atoms with Gasteiger partial charge < -0.3 is 15.2 Å². The molecule has 1 aromatic rings. The van der Waals surface area contributed by atoms with Crippen molar-refractivity contribution < 1.29 is 9.47 Å². The van der Waals surface area contributed by atoms with E-state index < -0.39 is 0 Å². The number of nitrogens with two attached hydrogens (primary N) is 1. The fourth-order valence-electron chi connectivity index (χ4n) is 1.56. The Bertz CT molecular complexity index is 312. The molecule has 0 aliphatic rings. The normalized spacial score (nSPS) is 12.3. The molecule has 1 atom stereocenters. The molecule has 0 saturated carbocycles. The van der Waals surface area contributed by atoms with Crippen LogP contribution < -0.4 is 15.2 Å². The predicted octanol–water partition coefficient (Wildman–Crippen LogP) is 2.50. The van der Waals surface area contributed by atoms with Gasteiger partial charge in [0.25, 0.3) is 0 Å². The van der Waals surface area contributed by atoms with Crippen LogP contribution in [0.2, 0.25) is 0 Å². The fraction of sp³-hybridized carbons (Fsp3) is 0.500. The Balaban J connectivity index is 2.92. The fourth-order valence-corrected chi connectivity index (χ4v) is 1.56. The summed E-state index contributed by atoms with van der Waals surface area (Å²) in [7, 11) is 3.26. The van der Waals surface area contributed by atoms with Gasteiger partial charge in [-0.3, -0.25) is 0 Å². The number of methoxy groups -OCH3 is 2. The van der Waals surface area contributed by atoms with E-state index in [1.165, 1.54) is 0 Å². The minimum Gasteiger partial charge on any atom is -0.493 e. The lowest BCUT2D eigenvalue weighted by atomic mass is 10.0. The van der Waals surface area contributed by atoms with Gasteiger partial charge in [0.05, 0.1) is 14.2 Å². The van der Waals surface area contributed by atoms with Crippen LogP contribution in [0, 0.1) is 0 Å². The zero-order chi connectivity index (χ0) is 11.3. The van der Waals surface area contributed by atoms with Gasteiger partial charge in [0.2, 0.25) is 0 Å². The summed E-state index contributed by atoms with van der Waals surface area (Å²) < 4.78 is 10.4. The second-order valence-corrected chi connectivity index (χ2v) is 3.51. The van der Waals surface area contributed by atoms with Crippen molar-refractivity contribution in [3.63, 3.8) is 0 Å². The Morgan fingerprint density at radius 2 is 1.87 bits per heavy atom. The van der Waals surface area contributed by atoms with Crippen LogP contribution in [0.25, 0.3) is 0 Å². The highest BCUT2D eigenvalue weighted by Gasteiger charge is 2.09. The molecule has 3 nitrogen and oxygen atoms in total. The van der Waals surface area contributed by atoms with Gasteiger partial charge in [0.1, 0.15) is 0 Å². The highest BCUT2D eigenvalue weighted by Crippen LogP contribution is 2.30. The quantitative estimate of drug-likeness (QED) is 0.810. The second kappa shape index (κ2) is 5.61. The monoisotopic (exact) mass is 209 g/mol. The molecule has 0 saturated heterocycles. The maximum absolute atomic E-state index is 6.02.